The summed E-state index contributed by atoms with van der Waals surface area (Å²) in [5.41, 5.74) is 4.80. The second kappa shape index (κ2) is 12.0. The van der Waals surface area contributed by atoms with Gasteiger partial charge in [0.2, 0.25) is 5.91 Å². The summed E-state index contributed by atoms with van der Waals surface area (Å²) in [6, 6.07) is 7.98. The Morgan fingerprint density at radius 2 is 1.68 bits per heavy atom. The van der Waals surface area contributed by atoms with Gasteiger partial charge in [-0.2, -0.15) is 5.10 Å². The van der Waals surface area contributed by atoms with Crippen LogP contribution in [0.4, 0.5) is 0 Å². The molecule has 0 atom stereocenters. The molecule has 0 heterocycles. The number of hydrogen-bond acceptors (Lipinski definition) is 2. The maximum Gasteiger partial charge on any atom is 0.240 e. The molecular weight excluding hydrogens is 272 g/mol. The van der Waals surface area contributed by atoms with Gasteiger partial charge in [-0.15, -0.1) is 0 Å². The highest BCUT2D eigenvalue weighted by Gasteiger charge is 1.99. The van der Waals surface area contributed by atoms with Crippen molar-refractivity contribution in [2.24, 2.45) is 5.10 Å². The van der Waals surface area contributed by atoms with Crippen molar-refractivity contribution in [3.63, 3.8) is 0 Å². The number of nitrogens with one attached hydrogen (secondary N) is 1. The van der Waals surface area contributed by atoms with Crippen LogP contribution < -0.4 is 5.43 Å². The Morgan fingerprint density at radius 3 is 2.36 bits per heavy atom. The van der Waals surface area contributed by atoms with Gasteiger partial charge < -0.3 is 0 Å². The van der Waals surface area contributed by atoms with E-state index < -0.39 is 0 Å². The highest BCUT2D eigenvalue weighted by molar-refractivity contribution is 5.83. The van der Waals surface area contributed by atoms with E-state index in [1.165, 1.54) is 38.5 Å². The number of hydrazone groups is 1. The average molecular weight is 302 g/mol. The van der Waals surface area contributed by atoms with Crippen molar-refractivity contribution in [3.05, 3.63) is 35.4 Å². The minimum atomic E-state index is 0.0100. The van der Waals surface area contributed by atoms with Crippen LogP contribution in [0.3, 0.4) is 0 Å². The van der Waals surface area contributed by atoms with Crippen molar-refractivity contribution in [1.82, 2.24) is 5.43 Å². The van der Waals surface area contributed by atoms with Gasteiger partial charge in [0.25, 0.3) is 0 Å². The third-order valence-electron chi connectivity index (χ3n) is 3.84. The van der Waals surface area contributed by atoms with E-state index >= 15 is 0 Å². The fraction of sp³-hybridized carbons (Fsp3) is 0.579. The SMILES string of the molecule is CCCCCCCCCCC(=O)N/N=C/c1ccccc1C. The van der Waals surface area contributed by atoms with Crippen LogP contribution in [0.5, 0.6) is 0 Å². The molecule has 122 valence electrons. The molecule has 1 rings (SSSR count). The molecule has 0 bridgehead atoms. The molecule has 22 heavy (non-hydrogen) atoms. The Kier molecular flexibility index (Phi) is 10.0. The maximum absolute atomic E-state index is 11.7. The van der Waals surface area contributed by atoms with E-state index in [1.54, 1.807) is 6.21 Å². The highest BCUT2D eigenvalue weighted by atomic mass is 16.2. The number of rotatable bonds is 11. The number of carbonyl (C=O) groups excluding carboxylic acids is 1. The van der Waals surface area contributed by atoms with E-state index in [0.717, 1.165) is 24.0 Å². The van der Waals surface area contributed by atoms with Crippen LogP contribution >= 0.6 is 0 Å². The first-order chi connectivity index (χ1) is 10.7. The number of benzene rings is 1. The van der Waals surface area contributed by atoms with Gasteiger partial charge in [-0.3, -0.25) is 4.79 Å². The number of hydrogen-bond donors (Lipinski definition) is 1. The van der Waals surface area contributed by atoms with Crippen LogP contribution in [-0.2, 0) is 4.79 Å². The van der Waals surface area contributed by atoms with Gasteiger partial charge >= 0.3 is 0 Å². The molecule has 3 heteroatoms. The molecule has 0 unspecified atom stereocenters. The minimum absolute atomic E-state index is 0.0100. The summed E-state index contributed by atoms with van der Waals surface area (Å²) < 4.78 is 0. The molecule has 1 aromatic carbocycles. The third kappa shape index (κ3) is 8.60. The Balaban J connectivity index is 2.05. The molecule has 0 aliphatic rings. The van der Waals surface area contributed by atoms with Crippen LogP contribution in [0, 0.1) is 6.92 Å². The first-order valence-electron chi connectivity index (χ1n) is 8.61. The summed E-state index contributed by atoms with van der Waals surface area (Å²) >= 11 is 0. The van der Waals surface area contributed by atoms with Crippen molar-refractivity contribution in [1.29, 1.82) is 0 Å². The summed E-state index contributed by atoms with van der Waals surface area (Å²) in [7, 11) is 0. The predicted octanol–water partition coefficient (Wildman–Crippen LogP) is 4.98. The Morgan fingerprint density at radius 1 is 1.05 bits per heavy atom. The maximum atomic E-state index is 11.7. The molecule has 1 aromatic rings. The Hall–Kier alpha value is -1.64. The summed E-state index contributed by atoms with van der Waals surface area (Å²) in [4.78, 5) is 11.7. The van der Waals surface area contributed by atoms with E-state index in [4.69, 9.17) is 0 Å². The van der Waals surface area contributed by atoms with Crippen LogP contribution in [0.15, 0.2) is 29.4 Å². The molecule has 0 aliphatic heterocycles. The van der Waals surface area contributed by atoms with Gasteiger partial charge in [0.05, 0.1) is 6.21 Å². The molecular formula is C19H30N2O. The summed E-state index contributed by atoms with van der Waals surface area (Å²) in [6.07, 6.45) is 12.2. The number of amides is 1. The molecule has 0 saturated heterocycles. The topological polar surface area (TPSA) is 41.5 Å². The molecule has 0 aliphatic carbocycles. The van der Waals surface area contributed by atoms with E-state index in [1.807, 2.05) is 31.2 Å². The van der Waals surface area contributed by atoms with Crippen molar-refractivity contribution < 1.29 is 4.79 Å². The number of carbonyl (C=O) groups is 1. The van der Waals surface area contributed by atoms with E-state index in [9.17, 15) is 4.79 Å². The summed E-state index contributed by atoms with van der Waals surface area (Å²) in [5, 5.41) is 4.03. The minimum Gasteiger partial charge on any atom is -0.273 e. The number of nitrogens with zero attached hydrogens (tertiary/aromatic N) is 1. The lowest BCUT2D eigenvalue weighted by Gasteiger charge is -2.02. The molecule has 0 radical (unpaired) electrons. The zero-order chi connectivity index (χ0) is 16.0. The molecule has 1 amide bonds. The number of unbranched alkanes of at least 4 members (excludes halogenated alkanes) is 7. The van der Waals surface area contributed by atoms with Gasteiger partial charge in [0.1, 0.15) is 0 Å². The standard InChI is InChI=1S/C19H30N2O/c1-3-4-5-6-7-8-9-10-15-19(22)21-20-16-18-14-12-11-13-17(18)2/h11-14,16H,3-10,15H2,1-2H3,(H,21,22)/b20-16+. The van der Waals surface area contributed by atoms with Gasteiger partial charge in [-0.1, -0.05) is 76.1 Å². The van der Waals surface area contributed by atoms with Gasteiger partial charge in [-0.05, 0) is 24.5 Å². The second-order valence-corrected chi connectivity index (χ2v) is 5.87. The van der Waals surface area contributed by atoms with Crippen LogP contribution in [0.25, 0.3) is 0 Å². The average Bonchev–Trinajstić information content (AvgIpc) is 2.52. The summed E-state index contributed by atoms with van der Waals surface area (Å²) in [5.74, 6) is 0.0100. The Labute approximate surface area is 135 Å². The summed E-state index contributed by atoms with van der Waals surface area (Å²) in [6.45, 7) is 4.27. The van der Waals surface area contributed by atoms with Crippen molar-refractivity contribution >= 4 is 12.1 Å². The van der Waals surface area contributed by atoms with Gasteiger partial charge in [0.15, 0.2) is 0 Å². The zero-order valence-electron chi connectivity index (χ0n) is 14.1. The van der Waals surface area contributed by atoms with Crippen molar-refractivity contribution in [2.45, 2.75) is 71.6 Å². The van der Waals surface area contributed by atoms with Gasteiger partial charge in [0, 0.05) is 6.42 Å². The lowest BCUT2D eigenvalue weighted by Crippen LogP contribution is -2.16. The van der Waals surface area contributed by atoms with E-state index in [-0.39, 0.29) is 5.91 Å². The fourth-order valence-corrected chi connectivity index (χ4v) is 2.38. The van der Waals surface area contributed by atoms with Crippen molar-refractivity contribution in [3.8, 4) is 0 Å². The molecule has 1 N–H and O–H groups in total. The lowest BCUT2D eigenvalue weighted by molar-refractivity contribution is -0.121. The molecule has 0 aromatic heterocycles. The second-order valence-electron chi connectivity index (χ2n) is 5.87. The predicted molar refractivity (Wildman–Crippen MR) is 94.1 cm³/mol. The van der Waals surface area contributed by atoms with Crippen LogP contribution in [0.1, 0.15) is 75.8 Å². The molecule has 0 fully saturated rings. The molecule has 3 nitrogen and oxygen atoms in total. The fourth-order valence-electron chi connectivity index (χ4n) is 2.38. The first kappa shape index (κ1) is 18.4. The van der Waals surface area contributed by atoms with Crippen LogP contribution in [0.2, 0.25) is 0 Å². The normalized spacial score (nSPS) is 11.0. The molecule has 0 spiro atoms. The first-order valence-corrected chi connectivity index (χ1v) is 8.61. The lowest BCUT2D eigenvalue weighted by atomic mass is 10.1. The highest BCUT2D eigenvalue weighted by Crippen LogP contribution is 2.09. The number of aryl methyl sites for hydroxylation is 1. The Bertz CT molecular complexity index is 455. The van der Waals surface area contributed by atoms with Crippen molar-refractivity contribution in [2.75, 3.05) is 0 Å². The molecule has 0 saturated carbocycles. The van der Waals surface area contributed by atoms with E-state index in [2.05, 4.69) is 17.5 Å². The smallest absolute Gasteiger partial charge is 0.240 e. The monoisotopic (exact) mass is 302 g/mol. The van der Waals surface area contributed by atoms with Crippen LogP contribution in [-0.4, -0.2) is 12.1 Å². The van der Waals surface area contributed by atoms with Gasteiger partial charge in [-0.25, -0.2) is 5.43 Å². The quantitative estimate of drug-likeness (QED) is 0.350. The van der Waals surface area contributed by atoms with E-state index in [0.29, 0.717) is 6.42 Å². The zero-order valence-corrected chi connectivity index (χ0v) is 14.1. The third-order valence-corrected chi connectivity index (χ3v) is 3.84. The largest absolute Gasteiger partial charge is 0.273 e.